The number of hydrogen-bond donors (Lipinski definition) is 1. The summed E-state index contributed by atoms with van der Waals surface area (Å²) in [4.78, 5) is 22.4. The molecule has 0 aliphatic carbocycles. The van der Waals surface area contributed by atoms with Gasteiger partial charge in [0, 0.05) is 63.0 Å². The molecule has 118 valence electrons. The van der Waals surface area contributed by atoms with Crippen molar-refractivity contribution in [3.05, 3.63) is 33.7 Å². The van der Waals surface area contributed by atoms with E-state index in [9.17, 15) is 4.79 Å². The average molecular weight is 319 g/mol. The van der Waals surface area contributed by atoms with Gasteiger partial charge in [0.25, 0.3) is 5.56 Å². The van der Waals surface area contributed by atoms with Crippen LogP contribution in [0.3, 0.4) is 0 Å². The lowest BCUT2D eigenvalue weighted by atomic mass is 10.2. The molecule has 1 unspecified atom stereocenters. The normalized spacial score (nSPS) is 24.3. The maximum atomic E-state index is 12.0. The van der Waals surface area contributed by atoms with E-state index in [0.717, 1.165) is 56.5 Å². The standard InChI is InChI=1S/C15H21N5OS/c21-14-9-12(17-15-20(14)7-8-22-15)11-18-3-5-19(6-4-18)13-1-2-16-10-13/h7-9,13,16H,1-6,10-11H2. The highest BCUT2D eigenvalue weighted by atomic mass is 32.1. The maximum absolute atomic E-state index is 12.0. The molecule has 0 spiro atoms. The second kappa shape index (κ2) is 6.08. The molecule has 1 N–H and O–H groups in total. The van der Waals surface area contributed by atoms with Crippen molar-refractivity contribution >= 4 is 16.3 Å². The zero-order valence-electron chi connectivity index (χ0n) is 12.6. The smallest absolute Gasteiger partial charge is 0.258 e. The minimum Gasteiger partial charge on any atom is -0.315 e. The topological polar surface area (TPSA) is 52.9 Å². The van der Waals surface area contributed by atoms with Crippen molar-refractivity contribution in [3.8, 4) is 0 Å². The van der Waals surface area contributed by atoms with Gasteiger partial charge in [0.1, 0.15) is 0 Å². The Balaban J connectivity index is 1.40. The molecule has 0 aromatic carbocycles. The Kier molecular flexibility index (Phi) is 3.96. The van der Waals surface area contributed by atoms with Crippen LogP contribution in [0.25, 0.3) is 4.96 Å². The van der Waals surface area contributed by atoms with E-state index in [2.05, 4.69) is 20.1 Å². The van der Waals surface area contributed by atoms with Crippen LogP contribution in [-0.4, -0.2) is 64.5 Å². The molecule has 2 aromatic heterocycles. The molecule has 2 fully saturated rings. The van der Waals surface area contributed by atoms with Crippen LogP contribution in [0, 0.1) is 0 Å². The Morgan fingerprint density at radius 1 is 1.32 bits per heavy atom. The molecule has 1 atom stereocenters. The van der Waals surface area contributed by atoms with Gasteiger partial charge in [-0.05, 0) is 13.0 Å². The SMILES string of the molecule is O=c1cc(CN2CCN(C3CCNC3)CC2)nc2sccn12. The van der Waals surface area contributed by atoms with Crippen LogP contribution < -0.4 is 10.9 Å². The fourth-order valence-corrected chi connectivity index (χ4v) is 4.17. The van der Waals surface area contributed by atoms with Gasteiger partial charge in [-0.15, -0.1) is 11.3 Å². The maximum Gasteiger partial charge on any atom is 0.258 e. The van der Waals surface area contributed by atoms with Gasteiger partial charge >= 0.3 is 0 Å². The third-order valence-electron chi connectivity index (χ3n) is 4.70. The van der Waals surface area contributed by atoms with Gasteiger partial charge in [-0.1, -0.05) is 0 Å². The zero-order chi connectivity index (χ0) is 14.9. The van der Waals surface area contributed by atoms with Crippen LogP contribution >= 0.6 is 11.3 Å². The molecule has 0 saturated carbocycles. The van der Waals surface area contributed by atoms with Gasteiger partial charge < -0.3 is 5.32 Å². The lowest BCUT2D eigenvalue weighted by molar-refractivity contribution is 0.0974. The van der Waals surface area contributed by atoms with Crippen molar-refractivity contribution < 1.29 is 0 Å². The first-order valence-electron chi connectivity index (χ1n) is 7.92. The van der Waals surface area contributed by atoms with E-state index in [1.54, 1.807) is 16.7 Å². The number of nitrogens with zero attached hydrogens (tertiary/aromatic N) is 4. The Hall–Kier alpha value is -1.28. The molecule has 4 heterocycles. The van der Waals surface area contributed by atoms with Gasteiger partial charge in [0.05, 0.1) is 5.69 Å². The van der Waals surface area contributed by atoms with E-state index in [1.165, 1.54) is 17.8 Å². The third-order valence-corrected chi connectivity index (χ3v) is 5.46. The van der Waals surface area contributed by atoms with Crippen molar-refractivity contribution in [2.75, 3.05) is 39.3 Å². The first-order chi connectivity index (χ1) is 10.8. The molecule has 2 aliphatic heterocycles. The fourth-order valence-electron chi connectivity index (χ4n) is 3.44. The molecule has 22 heavy (non-hydrogen) atoms. The number of nitrogens with one attached hydrogen (secondary N) is 1. The first kappa shape index (κ1) is 14.3. The van der Waals surface area contributed by atoms with E-state index < -0.39 is 0 Å². The summed E-state index contributed by atoms with van der Waals surface area (Å²) in [5.41, 5.74) is 0.917. The minimum absolute atomic E-state index is 0.0249. The van der Waals surface area contributed by atoms with Crippen molar-refractivity contribution in [2.45, 2.75) is 19.0 Å². The largest absolute Gasteiger partial charge is 0.315 e. The van der Waals surface area contributed by atoms with Crippen molar-refractivity contribution in [1.82, 2.24) is 24.5 Å². The first-order valence-corrected chi connectivity index (χ1v) is 8.80. The fraction of sp³-hybridized carbons (Fsp3) is 0.600. The highest BCUT2D eigenvalue weighted by molar-refractivity contribution is 7.15. The van der Waals surface area contributed by atoms with Crippen LogP contribution in [0.4, 0.5) is 0 Å². The second-order valence-electron chi connectivity index (χ2n) is 6.10. The van der Waals surface area contributed by atoms with Crippen LogP contribution in [0.15, 0.2) is 22.4 Å². The van der Waals surface area contributed by atoms with E-state index in [4.69, 9.17) is 0 Å². The third kappa shape index (κ3) is 2.81. The molecule has 2 saturated heterocycles. The summed E-state index contributed by atoms with van der Waals surface area (Å²) in [6, 6.07) is 2.39. The summed E-state index contributed by atoms with van der Waals surface area (Å²) in [6.45, 7) is 7.41. The molecule has 4 rings (SSSR count). The number of rotatable bonds is 3. The Morgan fingerprint density at radius 3 is 2.95 bits per heavy atom. The summed E-state index contributed by atoms with van der Waals surface area (Å²) in [7, 11) is 0. The number of aromatic nitrogens is 2. The highest BCUT2D eigenvalue weighted by Gasteiger charge is 2.26. The predicted octanol–water partition coefficient (Wildman–Crippen LogP) is 0.236. The van der Waals surface area contributed by atoms with Crippen LogP contribution in [-0.2, 0) is 6.54 Å². The lowest BCUT2D eigenvalue weighted by Crippen LogP contribution is -2.50. The highest BCUT2D eigenvalue weighted by Crippen LogP contribution is 2.14. The van der Waals surface area contributed by atoms with Crippen LogP contribution in [0.1, 0.15) is 12.1 Å². The van der Waals surface area contributed by atoms with Gasteiger partial charge in [0.2, 0.25) is 0 Å². The molecule has 7 heteroatoms. The minimum atomic E-state index is 0.0249. The Morgan fingerprint density at radius 2 is 2.18 bits per heavy atom. The quantitative estimate of drug-likeness (QED) is 0.878. The monoisotopic (exact) mass is 319 g/mol. The summed E-state index contributed by atoms with van der Waals surface area (Å²) in [5.74, 6) is 0. The van der Waals surface area contributed by atoms with Crippen LogP contribution in [0.2, 0.25) is 0 Å². The van der Waals surface area contributed by atoms with Crippen molar-refractivity contribution in [1.29, 1.82) is 0 Å². The Labute approximate surface area is 133 Å². The molecular weight excluding hydrogens is 298 g/mol. The molecular formula is C15H21N5OS. The van der Waals surface area contributed by atoms with E-state index in [1.807, 2.05) is 5.38 Å². The molecule has 0 radical (unpaired) electrons. The Bertz CT molecular complexity index is 697. The molecule has 0 amide bonds. The number of piperazine rings is 1. The van der Waals surface area contributed by atoms with E-state index in [0.29, 0.717) is 6.04 Å². The van der Waals surface area contributed by atoms with Gasteiger partial charge in [-0.2, -0.15) is 0 Å². The molecule has 2 aromatic rings. The van der Waals surface area contributed by atoms with E-state index in [-0.39, 0.29) is 5.56 Å². The van der Waals surface area contributed by atoms with Crippen molar-refractivity contribution in [3.63, 3.8) is 0 Å². The second-order valence-corrected chi connectivity index (χ2v) is 6.97. The number of fused-ring (bicyclic) bond motifs is 1. The number of thiazole rings is 1. The summed E-state index contributed by atoms with van der Waals surface area (Å²) < 4.78 is 1.61. The average Bonchev–Trinajstić information content (AvgIpc) is 3.19. The van der Waals surface area contributed by atoms with Crippen molar-refractivity contribution in [2.24, 2.45) is 0 Å². The summed E-state index contributed by atoms with van der Waals surface area (Å²) in [6.07, 6.45) is 3.06. The summed E-state index contributed by atoms with van der Waals surface area (Å²) >= 11 is 1.51. The zero-order valence-corrected chi connectivity index (χ0v) is 13.4. The van der Waals surface area contributed by atoms with Gasteiger partial charge in [0.15, 0.2) is 4.96 Å². The molecule has 6 nitrogen and oxygen atoms in total. The lowest BCUT2D eigenvalue weighted by Gasteiger charge is -2.37. The number of hydrogen-bond acceptors (Lipinski definition) is 6. The van der Waals surface area contributed by atoms with Gasteiger partial charge in [-0.3, -0.25) is 19.0 Å². The van der Waals surface area contributed by atoms with E-state index >= 15 is 0 Å². The summed E-state index contributed by atoms with van der Waals surface area (Å²) in [5, 5.41) is 5.34. The molecule has 0 bridgehead atoms. The van der Waals surface area contributed by atoms with Gasteiger partial charge in [-0.25, -0.2) is 4.98 Å². The predicted molar refractivity (Wildman–Crippen MR) is 87.5 cm³/mol. The van der Waals surface area contributed by atoms with Crippen LogP contribution in [0.5, 0.6) is 0 Å². The molecule has 2 aliphatic rings.